The lowest BCUT2D eigenvalue weighted by Crippen LogP contribution is -2.29. The van der Waals surface area contributed by atoms with Gasteiger partial charge in [0, 0.05) is 38.2 Å². The fraction of sp³-hybridized carbons (Fsp3) is 0.769. The van der Waals surface area contributed by atoms with Gasteiger partial charge in [-0.05, 0) is 33.9 Å². The third-order valence-corrected chi connectivity index (χ3v) is 3.44. The van der Waals surface area contributed by atoms with Crippen LogP contribution >= 0.6 is 11.3 Å². The lowest BCUT2D eigenvalue weighted by atomic mass is 10.4. The zero-order valence-corrected chi connectivity index (χ0v) is 12.6. The highest BCUT2D eigenvalue weighted by molar-refractivity contribution is 7.09. The van der Waals surface area contributed by atoms with Crippen molar-refractivity contribution in [1.29, 1.82) is 0 Å². The summed E-state index contributed by atoms with van der Waals surface area (Å²) in [6.45, 7) is 9.79. The molecule has 0 aliphatic rings. The van der Waals surface area contributed by atoms with E-state index in [1.165, 1.54) is 5.69 Å². The van der Waals surface area contributed by atoms with Crippen molar-refractivity contribution in [3.8, 4) is 0 Å². The van der Waals surface area contributed by atoms with Crippen molar-refractivity contribution < 1.29 is 4.74 Å². The Labute approximate surface area is 114 Å². The number of aromatic nitrogens is 1. The predicted molar refractivity (Wildman–Crippen MR) is 77.2 cm³/mol. The number of ether oxygens (including phenoxy) is 1. The van der Waals surface area contributed by atoms with Gasteiger partial charge in [0.2, 0.25) is 0 Å². The number of nitrogens with one attached hydrogen (secondary N) is 1. The van der Waals surface area contributed by atoms with Gasteiger partial charge >= 0.3 is 0 Å². The van der Waals surface area contributed by atoms with Gasteiger partial charge in [-0.3, -0.25) is 4.90 Å². The Bertz CT molecular complexity index is 317. The van der Waals surface area contributed by atoms with Crippen LogP contribution in [0.2, 0.25) is 0 Å². The molecule has 1 aromatic heterocycles. The second-order valence-electron chi connectivity index (χ2n) is 4.40. The smallest absolute Gasteiger partial charge is 0.0897 e. The summed E-state index contributed by atoms with van der Waals surface area (Å²) in [4.78, 5) is 6.76. The Morgan fingerprint density at radius 2 is 2.28 bits per heavy atom. The Morgan fingerprint density at radius 1 is 1.44 bits per heavy atom. The largest absolute Gasteiger partial charge is 0.382 e. The third kappa shape index (κ3) is 7.06. The minimum Gasteiger partial charge on any atom is -0.382 e. The minimum absolute atomic E-state index is 0.815. The van der Waals surface area contributed by atoms with Gasteiger partial charge in [0.25, 0.3) is 0 Å². The summed E-state index contributed by atoms with van der Waals surface area (Å²) >= 11 is 1.72. The molecule has 1 N–H and O–H groups in total. The number of nitrogens with zero attached hydrogens (tertiary/aromatic N) is 2. The van der Waals surface area contributed by atoms with Crippen LogP contribution in [0.25, 0.3) is 0 Å². The zero-order valence-electron chi connectivity index (χ0n) is 11.7. The van der Waals surface area contributed by atoms with Gasteiger partial charge in [0.1, 0.15) is 0 Å². The fourth-order valence-corrected chi connectivity index (χ4v) is 2.28. The van der Waals surface area contributed by atoms with Crippen molar-refractivity contribution in [2.75, 3.05) is 39.9 Å². The van der Waals surface area contributed by atoms with E-state index in [2.05, 4.69) is 27.6 Å². The maximum absolute atomic E-state index is 5.28. The second-order valence-corrected chi connectivity index (χ2v) is 5.46. The Morgan fingerprint density at radius 3 is 2.94 bits per heavy atom. The van der Waals surface area contributed by atoms with Crippen LogP contribution < -0.4 is 5.32 Å². The molecule has 1 aromatic rings. The number of rotatable bonds is 10. The van der Waals surface area contributed by atoms with E-state index >= 15 is 0 Å². The van der Waals surface area contributed by atoms with E-state index in [1.807, 2.05) is 13.8 Å². The van der Waals surface area contributed by atoms with Crippen molar-refractivity contribution in [3.63, 3.8) is 0 Å². The topological polar surface area (TPSA) is 37.4 Å². The van der Waals surface area contributed by atoms with Gasteiger partial charge in [-0.25, -0.2) is 4.98 Å². The summed E-state index contributed by atoms with van der Waals surface area (Å²) < 4.78 is 5.28. The van der Waals surface area contributed by atoms with Crippen LogP contribution in [-0.4, -0.2) is 49.8 Å². The van der Waals surface area contributed by atoms with Crippen LogP contribution in [0.15, 0.2) is 5.38 Å². The molecule has 0 saturated heterocycles. The third-order valence-electron chi connectivity index (χ3n) is 2.62. The van der Waals surface area contributed by atoms with Crippen molar-refractivity contribution in [1.82, 2.24) is 15.2 Å². The van der Waals surface area contributed by atoms with Crippen LogP contribution in [0.3, 0.4) is 0 Å². The highest BCUT2D eigenvalue weighted by Gasteiger charge is 2.02. The van der Waals surface area contributed by atoms with Gasteiger partial charge < -0.3 is 10.1 Å². The molecule has 5 heteroatoms. The predicted octanol–water partition coefficient (Wildman–Crippen LogP) is 1.90. The summed E-state index contributed by atoms with van der Waals surface area (Å²) in [5.74, 6) is 0. The molecule has 0 aromatic carbocycles. The monoisotopic (exact) mass is 271 g/mol. The fourth-order valence-electron chi connectivity index (χ4n) is 1.67. The first-order valence-corrected chi connectivity index (χ1v) is 7.48. The molecule has 104 valence electrons. The Kier molecular flexibility index (Phi) is 8.17. The normalized spacial score (nSPS) is 11.3. The minimum atomic E-state index is 0.815. The second kappa shape index (κ2) is 9.44. The van der Waals surface area contributed by atoms with Crippen LogP contribution in [0.4, 0.5) is 0 Å². The number of likely N-dealkylation sites (N-methyl/N-ethyl adjacent to an activating group) is 1. The van der Waals surface area contributed by atoms with E-state index in [-0.39, 0.29) is 0 Å². The molecule has 4 nitrogen and oxygen atoms in total. The SMILES string of the molecule is CCOCCCNCCN(C)Cc1csc(C)n1. The van der Waals surface area contributed by atoms with Gasteiger partial charge in [0.15, 0.2) is 0 Å². The maximum atomic E-state index is 5.28. The van der Waals surface area contributed by atoms with Crippen molar-refractivity contribution >= 4 is 11.3 Å². The molecule has 0 unspecified atom stereocenters. The van der Waals surface area contributed by atoms with E-state index in [0.717, 1.165) is 50.8 Å². The maximum Gasteiger partial charge on any atom is 0.0897 e. The van der Waals surface area contributed by atoms with Crippen LogP contribution in [0.5, 0.6) is 0 Å². The molecular formula is C13H25N3OS. The van der Waals surface area contributed by atoms with Crippen molar-refractivity contribution in [2.45, 2.75) is 26.8 Å². The average molecular weight is 271 g/mol. The highest BCUT2D eigenvalue weighted by atomic mass is 32.1. The highest BCUT2D eigenvalue weighted by Crippen LogP contribution is 2.09. The Balaban J connectivity index is 1.98. The first kappa shape index (κ1) is 15.6. The molecule has 0 aliphatic heterocycles. The average Bonchev–Trinajstić information content (AvgIpc) is 2.73. The molecule has 0 fully saturated rings. The number of hydrogen-bond acceptors (Lipinski definition) is 5. The zero-order chi connectivity index (χ0) is 13.2. The quantitative estimate of drug-likeness (QED) is 0.660. The van der Waals surface area contributed by atoms with Gasteiger partial charge in [-0.2, -0.15) is 0 Å². The number of thiazole rings is 1. The standard InChI is InChI=1S/C13H25N3OS/c1-4-17-9-5-6-14-7-8-16(3)10-13-11-18-12(2)15-13/h11,14H,4-10H2,1-3H3. The molecule has 1 rings (SSSR count). The van der Waals surface area contributed by atoms with Crippen molar-refractivity contribution in [2.24, 2.45) is 0 Å². The van der Waals surface area contributed by atoms with E-state index < -0.39 is 0 Å². The number of aryl methyl sites for hydroxylation is 1. The van der Waals surface area contributed by atoms with Gasteiger partial charge in [0.05, 0.1) is 10.7 Å². The van der Waals surface area contributed by atoms with Gasteiger partial charge in [-0.15, -0.1) is 11.3 Å². The molecule has 0 spiro atoms. The molecule has 0 radical (unpaired) electrons. The first-order chi connectivity index (χ1) is 8.72. The van der Waals surface area contributed by atoms with Gasteiger partial charge in [-0.1, -0.05) is 0 Å². The summed E-state index contributed by atoms with van der Waals surface area (Å²) in [6, 6.07) is 0. The van der Waals surface area contributed by atoms with Crippen molar-refractivity contribution in [3.05, 3.63) is 16.1 Å². The lowest BCUT2D eigenvalue weighted by molar-refractivity contribution is 0.144. The van der Waals surface area contributed by atoms with E-state index in [9.17, 15) is 0 Å². The molecule has 0 atom stereocenters. The Hall–Kier alpha value is -0.490. The summed E-state index contributed by atoms with van der Waals surface area (Å²) in [6.07, 6.45) is 1.09. The molecule has 0 saturated carbocycles. The van der Waals surface area contributed by atoms with Crippen LogP contribution in [-0.2, 0) is 11.3 Å². The summed E-state index contributed by atoms with van der Waals surface area (Å²) in [5, 5.41) is 6.71. The van der Waals surface area contributed by atoms with E-state index in [1.54, 1.807) is 11.3 Å². The molecular weight excluding hydrogens is 246 g/mol. The summed E-state index contributed by atoms with van der Waals surface area (Å²) in [7, 11) is 2.14. The van der Waals surface area contributed by atoms with Crippen LogP contribution in [0, 0.1) is 6.92 Å². The van der Waals surface area contributed by atoms with E-state index in [0.29, 0.717) is 0 Å². The molecule has 1 heterocycles. The van der Waals surface area contributed by atoms with Crippen LogP contribution in [0.1, 0.15) is 24.0 Å². The molecule has 0 amide bonds. The molecule has 0 aliphatic carbocycles. The van der Waals surface area contributed by atoms with E-state index in [4.69, 9.17) is 4.74 Å². The molecule has 0 bridgehead atoms. The summed E-state index contributed by atoms with van der Waals surface area (Å²) in [5.41, 5.74) is 1.18. The number of hydrogen-bond donors (Lipinski definition) is 1. The lowest BCUT2D eigenvalue weighted by Gasteiger charge is -2.15. The molecule has 18 heavy (non-hydrogen) atoms. The first-order valence-electron chi connectivity index (χ1n) is 6.60.